The molecule has 160 valence electrons. The quantitative estimate of drug-likeness (QED) is 0.686. The van der Waals surface area contributed by atoms with Crippen LogP contribution in [0.1, 0.15) is 39.7 Å². The molecule has 3 heterocycles. The van der Waals surface area contributed by atoms with Crippen molar-refractivity contribution in [1.29, 1.82) is 0 Å². The third-order valence-corrected chi connectivity index (χ3v) is 5.94. The molecule has 31 heavy (non-hydrogen) atoms. The number of hydrogen-bond donors (Lipinski definition) is 1. The molecule has 9 heteroatoms. The van der Waals surface area contributed by atoms with E-state index in [0.29, 0.717) is 17.7 Å². The number of halogens is 3. The number of carbonyl (C=O) groups is 1. The maximum absolute atomic E-state index is 13.2. The number of nitrogens with zero attached hydrogens (tertiary/aromatic N) is 3. The lowest BCUT2D eigenvalue weighted by molar-refractivity contribution is -0.159. The van der Waals surface area contributed by atoms with Gasteiger partial charge in [0, 0.05) is 36.2 Å². The minimum absolute atomic E-state index is 0.0361. The average Bonchev–Trinajstić information content (AvgIpc) is 3.40. The van der Waals surface area contributed by atoms with Crippen LogP contribution in [-0.2, 0) is 12.7 Å². The van der Waals surface area contributed by atoms with Gasteiger partial charge in [-0.3, -0.25) is 4.79 Å². The Morgan fingerprint density at radius 3 is 2.68 bits per heavy atom. The fourth-order valence-electron chi connectivity index (χ4n) is 4.46. The Labute approximate surface area is 176 Å². The van der Waals surface area contributed by atoms with Crippen LogP contribution in [0.25, 0.3) is 11.4 Å². The molecule has 0 saturated carbocycles. The Balaban J connectivity index is 1.42. The fourth-order valence-corrected chi connectivity index (χ4v) is 4.46. The SMILES string of the molecule is O=C1c2ccc(-c3noc(C(F)(F)F)n3)cc2CN1[C@@H]1CCNC[C@H]1c1ccccc1. The van der Waals surface area contributed by atoms with Crippen molar-refractivity contribution in [2.45, 2.75) is 31.1 Å². The minimum Gasteiger partial charge on any atom is -0.331 e. The number of benzene rings is 2. The summed E-state index contributed by atoms with van der Waals surface area (Å²) in [5.41, 5.74) is 2.88. The highest BCUT2D eigenvalue weighted by molar-refractivity contribution is 5.99. The minimum atomic E-state index is -4.70. The van der Waals surface area contributed by atoms with Crippen molar-refractivity contribution in [2.24, 2.45) is 0 Å². The van der Waals surface area contributed by atoms with E-state index in [1.165, 1.54) is 5.56 Å². The van der Waals surface area contributed by atoms with Gasteiger partial charge in [-0.25, -0.2) is 0 Å². The van der Waals surface area contributed by atoms with Crippen molar-refractivity contribution in [2.75, 3.05) is 13.1 Å². The van der Waals surface area contributed by atoms with Gasteiger partial charge < -0.3 is 14.7 Å². The fraction of sp³-hybridized carbons (Fsp3) is 0.318. The highest BCUT2D eigenvalue weighted by Crippen LogP contribution is 2.36. The second-order valence-corrected chi connectivity index (χ2v) is 7.80. The van der Waals surface area contributed by atoms with Gasteiger partial charge in [0.05, 0.1) is 0 Å². The van der Waals surface area contributed by atoms with Crippen molar-refractivity contribution in [3.8, 4) is 11.4 Å². The first-order valence-corrected chi connectivity index (χ1v) is 10.0. The number of amides is 1. The third kappa shape index (κ3) is 3.59. The van der Waals surface area contributed by atoms with Crippen LogP contribution >= 0.6 is 0 Å². The van der Waals surface area contributed by atoms with E-state index in [0.717, 1.165) is 25.1 Å². The third-order valence-electron chi connectivity index (χ3n) is 5.94. The van der Waals surface area contributed by atoms with E-state index in [-0.39, 0.29) is 23.7 Å². The van der Waals surface area contributed by atoms with Crippen molar-refractivity contribution >= 4 is 5.91 Å². The zero-order valence-corrected chi connectivity index (χ0v) is 16.4. The Morgan fingerprint density at radius 1 is 1.13 bits per heavy atom. The first kappa shape index (κ1) is 19.7. The first-order valence-electron chi connectivity index (χ1n) is 10.0. The van der Waals surface area contributed by atoms with Crippen LogP contribution in [0.4, 0.5) is 13.2 Å². The van der Waals surface area contributed by atoms with Crippen molar-refractivity contribution in [1.82, 2.24) is 20.4 Å². The number of carbonyl (C=O) groups excluding carboxylic acids is 1. The van der Waals surface area contributed by atoms with Gasteiger partial charge in [-0.1, -0.05) is 41.6 Å². The highest BCUT2D eigenvalue weighted by Gasteiger charge is 2.40. The maximum atomic E-state index is 13.2. The van der Waals surface area contributed by atoms with Gasteiger partial charge in [-0.15, -0.1) is 0 Å². The van der Waals surface area contributed by atoms with Gasteiger partial charge in [-0.05, 0) is 36.2 Å². The molecule has 0 unspecified atom stereocenters. The van der Waals surface area contributed by atoms with E-state index >= 15 is 0 Å². The van der Waals surface area contributed by atoms with Crippen molar-refractivity contribution in [3.05, 3.63) is 71.1 Å². The molecule has 2 atom stereocenters. The monoisotopic (exact) mass is 428 g/mol. The number of piperidine rings is 1. The van der Waals surface area contributed by atoms with E-state index in [4.69, 9.17) is 0 Å². The number of alkyl halides is 3. The van der Waals surface area contributed by atoms with Crippen LogP contribution in [0.15, 0.2) is 53.1 Å². The van der Waals surface area contributed by atoms with E-state index in [1.807, 2.05) is 23.1 Å². The van der Waals surface area contributed by atoms with Gasteiger partial charge in [0.25, 0.3) is 5.91 Å². The number of fused-ring (bicyclic) bond motifs is 1. The van der Waals surface area contributed by atoms with E-state index in [1.54, 1.807) is 18.2 Å². The van der Waals surface area contributed by atoms with Crippen molar-refractivity contribution in [3.63, 3.8) is 0 Å². The van der Waals surface area contributed by atoms with Gasteiger partial charge >= 0.3 is 12.1 Å². The molecular formula is C22H19F3N4O2. The second-order valence-electron chi connectivity index (χ2n) is 7.80. The number of aromatic nitrogens is 2. The average molecular weight is 428 g/mol. The van der Waals surface area contributed by atoms with Crippen LogP contribution in [0.2, 0.25) is 0 Å². The Hall–Kier alpha value is -3.20. The van der Waals surface area contributed by atoms with E-state index in [9.17, 15) is 18.0 Å². The summed E-state index contributed by atoms with van der Waals surface area (Å²) < 4.78 is 42.6. The Kier molecular flexibility index (Phi) is 4.77. The molecule has 0 bridgehead atoms. The van der Waals surface area contributed by atoms with E-state index < -0.39 is 12.1 Å². The zero-order chi connectivity index (χ0) is 21.6. The van der Waals surface area contributed by atoms with Gasteiger partial charge in [0.1, 0.15) is 0 Å². The molecule has 3 aromatic rings. The zero-order valence-electron chi connectivity index (χ0n) is 16.4. The molecule has 6 nitrogen and oxygen atoms in total. The van der Waals surface area contributed by atoms with Crippen LogP contribution in [-0.4, -0.2) is 40.1 Å². The smallest absolute Gasteiger partial charge is 0.331 e. The Bertz CT molecular complexity index is 1110. The summed E-state index contributed by atoms with van der Waals surface area (Å²) in [7, 11) is 0. The normalized spacial score (nSPS) is 21.4. The van der Waals surface area contributed by atoms with Crippen LogP contribution in [0.5, 0.6) is 0 Å². The lowest BCUT2D eigenvalue weighted by Gasteiger charge is -2.38. The molecule has 2 aliphatic rings. The van der Waals surface area contributed by atoms with Crippen molar-refractivity contribution < 1.29 is 22.5 Å². The molecule has 0 spiro atoms. The molecule has 2 aliphatic heterocycles. The molecule has 5 rings (SSSR count). The first-order chi connectivity index (χ1) is 14.9. The highest BCUT2D eigenvalue weighted by atomic mass is 19.4. The number of rotatable bonds is 3. The molecule has 1 aromatic heterocycles. The summed E-state index contributed by atoms with van der Waals surface area (Å²) in [6.07, 6.45) is -3.87. The standard InChI is InChI=1S/C22H19F3N4O2/c23-22(24,25)21-27-19(28-31-21)14-6-7-16-15(10-14)12-29(20(16)30)18-8-9-26-11-17(18)13-4-2-1-3-5-13/h1-7,10,17-18,26H,8-9,11-12H2/t17-,18+/m0/s1. The summed E-state index contributed by atoms with van der Waals surface area (Å²) in [6.45, 7) is 2.01. The summed E-state index contributed by atoms with van der Waals surface area (Å²) in [5, 5.41) is 6.86. The molecule has 0 aliphatic carbocycles. The summed E-state index contributed by atoms with van der Waals surface area (Å²) in [6, 6.07) is 15.0. The lowest BCUT2D eigenvalue weighted by atomic mass is 9.86. The largest absolute Gasteiger partial charge is 0.471 e. The van der Waals surface area contributed by atoms with E-state index in [2.05, 4.69) is 32.1 Å². The van der Waals surface area contributed by atoms with Crippen LogP contribution in [0.3, 0.4) is 0 Å². The second kappa shape index (κ2) is 7.49. The maximum Gasteiger partial charge on any atom is 0.471 e. The lowest BCUT2D eigenvalue weighted by Crippen LogP contribution is -2.48. The molecule has 1 N–H and O–H groups in total. The summed E-state index contributed by atoms with van der Waals surface area (Å²) in [5.74, 6) is -1.43. The molecule has 1 fully saturated rings. The number of nitrogens with one attached hydrogen (secondary N) is 1. The van der Waals surface area contributed by atoms with Gasteiger partial charge in [0.15, 0.2) is 0 Å². The van der Waals surface area contributed by atoms with Gasteiger partial charge in [-0.2, -0.15) is 18.2 Å². The van der Waals surface area contributed by atoms with Gasteiger partial charge in [0.2, 0.25) is 5.82 Å². The van der Waals surface area contributed by atoms with Crippen LogP contribution < -0.4 is 5.32 Å². The summed E-state index contributed by atoms with van der Waals surface area (Å²) in [4.78, 5) is 18.5. The van der Waals surface area contributed by atoms with Crippen LogP contribution in [0, 0.1) is 0 Å². The Morgan fingerprint density at radius 2 is 1.94 bits per heavy atom. The molecular weight excluding hydrogens is 409 g/mol. The predicted octanol–water partition coefficient (Wildman–Crippen LogP) is 3.86. The molecule has 1 saturated heterocycles. The topological polar surface area (TPSA) is 71.3 Å². The number of hydrogen-bond acceptors (Lipinski definition) is 5. The molecule has 0 radical (unpaired) electrons. The predicted molar refractivity (Wildman–Crippen MR) is 105 cm³/mol. The molecule has 1 amide bonds. The summed E-state index contributed by atoms with van der Waals surface area (Å²) >= 11 is 0. The molecule has 2 aromatic carbocycles.